The average molecular weight is 532 g/mol. The number of likely N-dealkylation sites (N-methyl/N-ethyl adjacent to an activating group) is 1. The minimum Gasteiger partial charge on any atom is -0.469 e. The summed E-state index contributed by atoms with van der Waals surface area (Å²) in [7, 11) is 0. The van der Waals surface area contributed by atoms with Gasteiger partial charge in [-0.2, -0.15) is 0 Å². The third-order valence-corrected chi connectivity index (χ3v) is 6.37. The van der Waals surface area contributed by atoms with Crippen molar-refractivity contribution in [1.82, 2.24) is 15.5 Å². The van der Waals surface area contributed by atoms with Gasteiger partial charge in [0, 0.05) is 30.4 Å². The summed E-state index contributed by atoms with van der Waals surface area (Å²) in [5.74, 6) is 1.69. The Morgan fingerprint density at radius 2 is 2.24 bits per heavy atom. The van der Waals surface area contributed by atoms with Crippen molar-refractivity contribution in [3.8, 4) is 0 Å². The Morgan fingerprint density at radius 3 is 2.93 bits per heavy atom. The molecule has 2 aromatic heterocycles. The van der Waals surface area contributed by atoms with Gasteiger partial charge in [-0.3, -0.25) is 4.90 Å². The molecule has 1 aliphatic heterocycles. The topological polar surface area (TPSA) is 73.0 Å². The molecule has 1 fully saturated rings. The minimum atomic E-state index is -0.966. The van der Waals surface area contributed by atoms with Gasteiger partial charge in [-0.15, -0.1) is 35.3 Å². The van der Waals surface area contributed by atoms with Crippen LogP contribution in [0.25, 0.3) is 0 Å². The quantitative estimate of drug-likeness (QED) is 0.262. The summed E-state index contributed by atoms with van der Waals surface area (Å²) in [5, 5.41) is 19.6. The molecule has 6 nitrogen and oxygen atoms in total. The minimum absolute atomic E-state index is 0. The van der Waals surface area contributed by atoms with Gasteiger partial charge in [-0.1, -0.05) is 13.0 Å². The fraction of sp³-hybridized carbons (Fsp3) is 0.571. The lowest BCUT2D eigenvalue weighted by atomic mass is 10.1. The van der Waals surface area contributed by atoms with Crippen LogP contribution in [0.15, 0.2) is 45.3 Å². The molecule has 2 aromatic rings. The number of rotatable bonds is 9. The molecule has 3 N–H and O–H groups in total. The van der Waals surface area contributed by atoms with Crippen molar-refractivity contribution in [1.29, 1.82) is 0 Å². The molecular weight excluding hydrogens is 499 g/mol. The van der Waals surface area contributed by atoms with Crippen molar-refractivity contribution < 1.29 is 9.52 Å². The number of aliphatic hydroxyl groups is 1. The molecule has 29 heavy (non-hydrogen) atoms. The molecular formula is C21H33IN4O2S. The average Bonchev–Trinajstić information content (AvgIpc) is 3.45. The number of guanidine groups is 1. The van der Waals surface area contributed by atoms with E-state index in [9.17, 15) is 5.11 Å². The number of aliphatic imine (C=N–C) groups is 1. The summed E-state index contributed by atoms with van der Waals surface area (Å²) in [5.41, 5.74) is -0.966. The number of thiophene rings is 1. The summed E-state index contributed by atoms with van der Waals surface area (Å²) in [6, 6.07) is 8.33. The molecule has 2 unspecified atom stereocenters. The van der Waals surface area contributed by atoms with Crippen LogP contribution in [0.5, 0.6) is 0 Å². The number of nitrogens with zero attached hydrogens (tertiary/aromatic N) is 2. The zero-order valence-corrected chi connectivity index (χ0v) is 20.4. The zero-order valence-electron chi connectivity index (χ0n) is 17.3. The summed E-state index contributed by atoms with van der Waals surface area (Å²) >= 11 is 1.56. The standard InChI is InChI=1S/C21H32N4O2S.HI/c1-3-25-12-4-7-17(25)15-23-20(22-11-10-18-8-5-13-27-18)24-16-21(2,26)19-9-6-14-28-19;/h5-6,8-9,13-14,17,26H,3-4,7,10-12,15-16H2,1-2H3,(H2,22,23,24);1H. The largest absolute Gasteiger partial charge is 0.469 e. The Kier molecular flexibility index (Phi) is 9.94. The number of nitrogens with one attached hydrogen (secondary N) is 2. The summed E-state index contributed by atoms with van der Waals surface area (Å²) in [6.45, 7) is 8.19. The number of furan rings is 1. The highest BCUT2D eigenvalue weighted by molar-refractivity contribution is 14.0. The van der Waals surface area contributed by atoms with Gasteiger partial charge in [0.2, 0.25) is 0 Å². The van der Waals surface area contributed by atoms with Crippen molar-refractivity contribution in [2.45, 2.75) is 44.8 Å². The van der Waals surface area contributed by atoms with Gasteiger partial charge >= 0.3 is 0 Å². The van der Waals surface area contributed by atoms with E-state index < -0.39 is 5.60 Å². The van der Waals surface area contributed by atoms with E-state index in [1.165, 1.54) is 19.4 Å². The SMILES string of the molecule is CCN1CCCC1CNC(=NCC(C)(O)c1cccs1)NCCc1ccco1.I. The number of halogens is 1. The van der Waals surface area contributed by atoms with E-state index in [4.69, 9.17) is 4.42 Å². The van der Waals surface area contributed by atoms with Gasteiger partial charge in [-0.25, -0.2) is 4.99 Å². The van der Waals surface area contributed by atoms with Crippen molar-refractivity contribution in [2.24, 2.45) is 4.99 Å². The molecule has 0 spiro atoms. The van der Waals surface area contributed by atoms with E-state index in [-0.39, 0.29) is 24.0 Å². The Morgan fingerprint density at radius 1 is 1.38 bits per heavy atom. The molecule has 1 saturated heterocycles. The summed E-state index contributed by atoms with van der Waals surface area (Å²) in [6.07, 6.45) is 4.96. The van der Waals surface area contributed by atoms with Crippen molar-refractivity contribution in [3.63, 3.8) is 0 Å². The Hall–Kier alpha value is -1.10. The fourth-order valence-corrected chi connectivity index (χ4v) is 4.37. The van der Waals surface area contributed by atoms with E-state index in [1.54, 1.807) is 17.6 Å². The first-order valence-corrected chi connectivity index (χ1v) is 11.0. The van der Waals surface area contributed by atoms with Gasteiger partial charge in [0.25, 0.3) is 0 Å². The molecule has 2 atom stereocenters. The van der Waals surface area contributed by atoms with Crippen LogP contribution in [0.3, 0.4) is 0 Å². The number of hydrogen-bond donors (Lipinski definition) is 3. The lowest BCUT2D eigenvalue weighted by Gasteiger charge is -2.25. The second-order valence-electron chi connectivity index (χ2n) is 7.48. The second kappa shape index (κ2) is 11.9. The molecule has 0 radical (unpaired) electrons. The van der Waals surface area contributed by atoms with Crippen LogP contribution in [-0.4, -0.2) is 54.7 Å². The molecule has 0 aliphatic carbocycles. The Balaban J connectivity index is 0.00000300. The predicted octanol–water partition coefficient (Wildman–Crippen LogP) is 3.43. The third kappa shape index (κ3) is 7.27. The first kappa shape index (κ1) is 24.2. The van der Waals surface area contributed by atoms with Crippen molar-refractivity contribution in [2.75, 3.05) is 32.7 Å². The lowest BCUT2D eigenvalue weighted by molar-refractivity contribution is 0.0711. The fourth-order valence-electron chi connectivity index (χ4n) is 3.59. The zero-order chi connectivity index (χ0) is 19.8. The molecule has 8 heteroatoms. The van der Waals surface area contributed by atoms with Crippen LogP contribution in [0, 0.1) is 0 Å². The molecule has 3 heterocycles. The highest BCUT2D eigenvalue weighted by atomic mass is 127. The van der Waals surface area contributed by atoms with Crippen molar-refractivity contribution in [3.05, 3.63) is 46.5 Å². The van der Waals surface area contributed by atoms with E-state index in [2.05, 4.69) is 27.4 Å². The van der Waals surface area contributed by atoms with E-state index in [0.29, 0.717) is 12.6 Å². The van der Waals surface area contributed by atoms with E-state index >= 15 is 0 Å². The first-order valence-electron chi connectivity index (χ1n) is 10.1. The predicted molar refractivity (Wildman–Crippen MR) is 130 cm³/mol. The Bertz CT molecular complexity index is 719. The van der Waals surface area contributed by atoms with E-state index in [1.807, 2.05) is 36.6 Å². The maximum atomic E-state index is 10.8. The van der Waals surface area contributed by atoms with Gasteiger partial charge in [0.15, 0.2) is 5.96 Å². The normalized spacial score (nSPS) is 19.6. The summed E-state index contributed by atoms with van der Waals surface area (Å²) in [4.78, 5) is 8.12. The maximum Gasteiger partial charge on any atom is 0.191 e. The molecule has 3 rings (SSSR count). The van der Waals surface area contributed by atoms with Gasteiger partial charge < -0.3 is 20.2 Å². The van der Waals surface area contributed by atoms with Crippen LogP contribution in [0.4, 0.5) is 0 Å². The van der Waals surface area contributed by atoms with Crippen LogP contribution < -0.4 is 10.6 Å². The van der Waals surface area contributed by atoms with Crippen LogP contribution in [0.2, 0.25) is 0 Å². The van der Waals surface area contributed by atoms with Crippen molar-refractivity contribution >= 4 is 41.3 Å². The first-order chi connectivity index (χ1) is 13.6. The number of likely N-dealkylation sites (tertiary alicyclic amines) is 1. The summed E-state index contributed by atoms with van der Waals surface area (Å²) < 4.78 is 5.40. The van der Waals surface area contributed by atoms with Crippen LogP contribution in [0.1, 0.15) is 37.3 Å². The molecule has 0 saturated carbocycles. The van der Waals surface area contributed by atoms with Crippen LogP contribution in [-0.2, 0) is 12.0 Å². The highest BCUT2D eigenvalue weighted by Gasteiger charge is 2.25. The van der Waals surface area contributed by atoms with Gasteiger partial charge in [-0.05, 0) is 56.4 Å². The smallest absolute Gasteiger partial charge is 0.191 e. The second-order valence-corrected chi connectivity index (χ2v) is 8.43. The molecule has 1 aliphatic rings. The van der Waals surface area contributed by atoms with Crippen LogP contribution >= 0.6 is 35.3 Å². The lowest BCUT2D eigenvalue weighted by Crippen LogP contribution is -2.45. The monoisotopic (exact) mass is 532 g/mol. The van der Waals surface area contributed by atoms with E-state index in [0.717, 1.165) is 42.7 Å². The highest BCUT2D eigenvalue weighted by Crippen LogP contribution is 2.25. The van der Waals surface area contributed by atoms with Gasteiger partial charge in [0.1, 0.15) is 11.4 Å². The molecule has 162 valence electrons. The molecule has 0 aromatic carbocycles. The Labute approximate surface area is 194 Å². The maximum absolute atomic E-state index is 10.8. The van der Waals surface area contributed by atoms with Gasteiger partial charge in [0.05, 0.1) is 12.8 Å². The molecule has 0 amide bonds. The number of hydrogen-bond acceptors (Lipinski definition) is 5. The third-order valence-electron chi connectivity index (χ3n) is 5.25. The molecule has 0 bridgehead atoms.